The largest absolute Gasteiger partial charge is 0.497 e. The molecule has 0 saturated heterocycles. The second-order valence-corrected chi connectivity index (χ2v) is 4.29. The number of hydrogen-bond donors (Lipinski definition) is 2. The Labute approximate surface area is 124 Å². The second-order valence-electron chi connectivity index (χ2n) is 3.90. The molecule has 0 fully saturated rings. The van der Waals surface area contributed by atoms with Crippen molar-refractivity contribution < 1.29 is 19.4 Å². The van der Waals surface area contributed by atoms with Crippen molar-refractivity contribution in [2.45, 2.75) is 0 Å². The Kier molecular flexibility index (Phi) is 4.34. The van der Waals surface area contributed by atoms with Gasteiger partial charge in [0.1, 0.15) is 16.6 Å². The third kappa shape index (κ3) is 3.46. The lowest BCUT2D eigenvalue weighted by atomic mass is 10.1. The van der Waals surface area contributed by atoms with Gasteiger partial charge < -0.3 is 15.2 Å². The molecule has 0 unspecified atom stereocenters. The summed E-state index contributed by atoms with van der Waals surface area (Å²) < 4.78 is 4.95. The van der Waals surface area contributed by atoms with Crippen molar-refractivity contribution in [2.24, 2.45) is 0 Å². The Morgan fingerprint density at radius 1 is 1.33 bits per heavy atom. The summed E-state index contributed by atoms with van der Waals surface area (Å²) in [6.07, 6.45) is 2.51. The lowest BCUT2D eigenvalue weighted by molar-refractivity contribution is 0.0697. The Morgan fingerprint density at radius 2 is 2.10 bits per heavy atom. The summed E-state index contributed by atoms with van der Waals surface area (Å²) in [5.41, 5.74) is 0.00224. The third-order valence-electron chi connectivity index (χ3n) is 2.54. The number of ether oxygens (including phenoxy) is 1. The average Bonchev–Trinajstić information content (AvgIpc) is 2.47. The molecule has 0 spiro atoms. The van der Waals surface area contributed by atoms with Crippen LogP contribution < -0.4 is 10.1 Å². The molecule has 0 atom stereocenters. The highest BCUT2D eigenvalue weighted by Crippen LogP contribution is 2.22. The standard InChI is InChI=1S/C13H10ClN3O4/c1-21-7-2-3-9(8(4-7)13(19)20)17-12(18)10-5-15-6-11(14)16-10/h2-6H,1H3,(H,17,18)(H,19,20). The van der Waals surface area contributed by atoms with Crippen LogP contribution in [0.3, 0.4) is 0 Å². The van der Waals surface area contributed by atoms with Crippen molar-refractivity contribution in [3.05, 3.63) is 47.0 Å². The van der Waals surface area contributed by atoms with E-state index >= 15 is 0 Å². The molecule has 0 saturated carbocycles. The summed E-state index contributed by atoms with van der Waals surface area (Å²) in [7, 11) is 1.42. The third-order valence-corrected chi connectivity index (χ3v) is 2.73. The lowest BCUT2D eigenvalue weighted by Gasteiger charge is -2.09. The molecule has 2 N–H and O–H groups in total. The van der Waals surface area contributed by atoms with E-state index in [1.807, 2.05) is 0 Å². The Balaban J connectivity index is 2.31. The van der Waals surface area contributed by atoms with Crippen LogP contribution in [-0.2, 0) is 0 Å². The molecule has 8 heteroatoms. The minimum absolute atomic E-state index is 0.0188. The Bertz CT molecular complexity index is 706. The van der Waals surface area contributed by atoms with Crippen molar-refractivity contribution in [1.82, 2.24) is 9.97 Å². The molecular weight excluding hydrogens is 298 g/mol. The maximum absolute atomic E-state index is 12.0. The molecule has 1 aromatic carbocycles. The highest BCUT2D eigenvalue weighted by Gasteiger charge is 2.16. The summed E-state index contributed by atoms with van der Waals surface area (Å²) in [4.78, 5) is 30.7. The zero-order valence-electron chi connectivity index (χ0n) is 10.8. The lowest BCUT2D eigenvalue weighted by Crippen LogP contribution is -2.16. The van der Waals surface area contributed by atoms with Gasteiger partial charge in [0.2, 0.25) is 0 Å². The van der Waals surface area contributed by atoms with Gasteiger partial charge in [-0.15, -0.1) is 0 Å². The maximum Gasteiger partial charge on any atom is 0.337 e. The number of amides is 1. The van der Waals surface area contributed by atoms with Gasteiger partial charge in [-0.2, -0.15) is 0 Å². The van der Waals surface area contributed by atoms with Gasteiger partial charge in [-0.3, -0.25) is 9.78 Å². The maximum atomic E-state index is 12.0. The number of aromatic nitrogens is 2. The van der Waals surface area contributed by atoms with E-state index in [-0.39, 0.29) is 22.1 Å². The average molecular weight is 308 g/mol. The van der Waals surface area contributed by atoms with E-state index < -0.39 is 11.9 Å². The number of carbonyl (C=O) groups is 2. The first-order chi connectivity index (χ1) is 10.0. The van der Waals surface area contributed by atoms with Gasteiger partial charge in [0, 0.05) is 0 Å². The van der Waals surface area contributed by atoms with Gasteiger partial charge in [0.25, 0.3) is 5.91 Å². The molecule has 0 radical (unpaired) electrons. The number of benzene rings is 1. The SMILES string of the molecule is COc1ccc(NC(=O)c2cncc(Cl)n2)c(C(=O)O)c1. The molecule has 7 nitrogen and oxygen atoms in total. The number of halogens is 1. The van der Waals surface area contributed by atoms with Crippen molar-refractivity contribution in [3.8, 4) is 5.75 Å². The van der Waals surface area contributed by atoms with Crippen LogP contribution >= 0.6 is 11.6 Å². The Morgan fingerprint density at radius 3 is 2.71 bits per heavy atom. The summed E-state index contributed by atoms with van der Waals surface area (Å²) >= 11 is 5.65. The van der Waals surface area contributed by atoms with Gasteiger partial charge in [0.15, 0.2) is 0 Å². The molecule has 2 rings (SSSR count). The van der Waals surface area contributed by atoms with Gasteiger partial charge in [-0.05, 0) is 18.2 Å². The fraction of sp³-hybridized carbons (Fsp3) is 0.0769. The summed E-state index contributed by atoms with van der Waals surface area (Å²) in [6.45, 7) is 0. The first-order valence-electron chi connectivity index (χ1n) is 5.71. The highest BCUT2D eigenvalue weighted by molar-refractivity contribution is 6.29. The van der Waals surface area contributed by atoms with Crippen molar-refractivity contribution in [3.63, 3.8) is 0 Å². The van der Waals surface area contributed by atoms with Crippen LogP contribution in [0, 0.1) is 0 Å². The molecule has 108 valence electrons. The Hall–Kier alpha value is -2.67. The molecular formula is C13H10ClN3O4. The molecule has 1 aromatic heterocycles. The molecule has 1 heterocycles. The number of carbonyl (C=O) groups excluding carboxylic acids is 1. The van der Waals surface area contributed by atoms with Gasteiger partial charge in [-0.1, -0.05) is 11.6 Å². The molecule has 1 amide bonds. The molecule has 2 aromatic rings. The van der Waals surface area contributed by atoms with Crippen molar-refractivity contribution >= 4 is 29.2 Å². The molecule has 0 aliphatic carbocycles. The number of hydrogen-bond acceptors (Lipinski definition) is 5. The van der Waals surface area contributed by atoms with Crippen molar-refractivity contribution in [2.75, 3.05) is 12.4 Å². The zero-order chi connectivity index (χ0) is 15.4. The van der Waals surface area contributed by atoms with E-state index in [1.165, 1.54) is 37.7 Å². The molecule has 21 heavy (non-hydrogen) atoms. The van der Waals surface area contributed by atoms with Crippen LogP contribution in [0.1, 0.15) is 20.8 Å². The molecule has 0 aliphatic heterocycles. The second kappa shape index (κ2) is 6.19. The van der Waals surface area contributed by atoms with E-state index in [1.54, 1.807) is 0 Å². The summed E-state index contributed by atoms with van der Waals surface area (Å²) in [5.74, 6) is -1.44. The number of aromatic carboxylic acids is 1. The molecule has 0 bridgehead atoms. The first-order valence-corrected chi connectivity index (χ1v) is 6.09. The predicted molar refractivity (Wildman–Crippen MR) is 74.9 cm³/mol. The first kappa shape index (κ1) is 14.7. The summed E-state index contributed by atoms with van der Waals surface area (Å²) in [6, 6.07) is 4.27. The predicted octanol–water partition coefficient (Wildman–Crippen LogP) is 2.09. The fourth-order valence-electron chi connectivity index (χ4n) is 1.57. The van der Waals surface area contributed by atoms with Crippen LogP contribution in [-0.4, -0.2) is 34.1 Å². The fourth-order valence-corrected chi connectivity index (χ4v) is 1.72. The van der Waals surface area contributed by atoms with Crippen LogP contribution in [0.4, 0.5) is 5.69 Å². The smallest absolute Gasteiger partial charge is 0.337 e. The zero-order valence-corrected chi connectivity index (χ0v) is 11.6. The topological polar surface area (TPSA) is 101 Å². The summed E-state index contributed by atoms with van der Waals surface area (Å²) in [5, 5.41) is 11.7. The van der Waals surface area contributed by atoms with Gasteiger partial charge >= 0.3 is 5.97 Å². The minimum Gasteiger partial charge on any atom is -0.497 e. The van der Waals surface area contributed by atoms with Gasteiger partial charge in [0.05, 0.1) is 30.8 Å². The van der Waals surface area contributed by atoms with Crippen LogP contribution in [0.2, 0.25) is 5.15 Å². The minimum atomic E-state index is -1.19. The van der Waals surface area contributed by atoms with E-state index in [9.17, 15) is 9.59 Å². The monoisotopic (exact) mass is 307 g/mol. The van der Waals surface area contributed by atoms with E-state index in [0.29, 0.717) is 5.75 Å². The number of methoxy groups -OCH3 is 1. The van der Waals surface area contributed by atoms with Crippen LogP contribution in [0.5, 0.6) is 5.75 Å². The number of carboxylic acids is 1. The van der Waals surface area contributed by atoms with Crippen LogP contribution in [0.25, 0.3) is 0 Å². The number of carboxylic acid groups (broad SMARTS) is 1. The van der Waals surface area contributed by atoms with Gasteiger partial charge in [-0.25, -0.2) is 9.78 Å². The number of nitrogens with one attached hydrogen (secondary N) is 1. The molecule has 0 aliphatic rings. The number of anilines is 1. The number of rotatable bonds is 4. The normalized spacial score (nSPS) is 10.0. The highest BCUT2D eigenvalue weighted by atomic mass is 35.5. The van der Waals surface area contributed by atoms with Crippen LogP contribution in [0.15, 0.2) is 30.6 Å². The van der Waals surface area contributed by atoms with E-state index in [0.717, 1.165) is 0 Å². The number of nitrogens with zero attached hydrogens (tertiary/aromatic N) is 2. The van der Waals surface area contributed by atoms with E-state index in [2.05, 4.69) is 15.3 Å². The van der Waals surface area contributed by atoms with Crippen molar-refractivity contribution in [1.29, 1.82) is 0 Å². The van der Waals surface area contributed by atoms with E-state index in [4.69, 9.17) is 21.4 Å². The quantitative estimate of drug-likeness (QED) is 0.896.